The largest absolute Gasteiger partial charge is 0.490 e. The topological polar surface area (TPSA) is 67.9 Å². The van der Waals surface area contributed by atoms with Crippen LogP contribution in [0.15, 0.2) is 66.7 Å². The van der Waals surface area contributed by atoms with Crippen LogP contribution in [0.25, 0.3) is 0 Å². The van der Waals surface area contributed by atoms with Gasteiger partial charge in [-0.2, -0.15) is 0 Å². The van der Waals surface area contributed by atoms with Crippen molar-refractivity contribution in [2.45, 2.75) is 12.3 Å². The van der Waals surface area contributed by atoms with E-state index in [1.165, 1.54) is 0 Å². The summed E-state index contributed by atoms with van der Waals surface area (Å²) in [5.41, 5.74) is 2.41. The van der Waals surface area contributed by atoms with Gasteiger partial charge in [0.15, 0.2) is 18.1 Å². The highest BCUT2D eigenvalue weighted by atomic mass is 127. The molecule has 0 saturated carbocycles. The van der Waals surface area contributed by atoms with Gasteiger partial charge in [-0.15, -0.1) is 11.8 Å². The molecule has 1 fully saturated rings. The summed E-state index contributed by atoms with van der Waals surface area (Å²) < 4.78 is 12.5. The number of hydrogen-bond acceptors (Lipinski definition) is 5. The van der Waals surface area contributed by atoms with Gasteiger partial charge in [0.05, 0.1) is 15.9 Å². The summed E-state index contributed by atoms with van der Waals surface area (Å²) in [6.07, 6.45) is 0. The number of halogens is 2. The van der Waals surface area contributed by atoms with Gasteiger partial charge in [-0.05, 0) is 83.6 Å². The summed E-state index contributed by atoms with van der Waals surface area (Å²) >= 11 is 9.75. The van der Waals surface area contributed by atoms with Gasteiger partial charge < -0.3 is 14.8 Å². The van der Waals surface area contributed by atoms with Crippen LogP contribution in [0, 0.1) is 3.57 Å². The summed E-state index contributed by atoms with van der Waals surface area (Å²) in [6.45, 7) is 2.17. The van der Waals surface area contributed by atoms with E-state index in [4.69, 9.17) is 21.1 Å². The van der Waals surface area contributed by atoms with Crippen molar-refractivity contribution in [1.82, 2.24) is 0 Å². The molecule has 1 aliphatic heterocycles. The Morgan fingerprint density at radius 2 is 1.88 bits per heavy atom. The van der Waals surface area contributed by atoms with Crippen LogP contribution in [0.3, 0.4) is 0 Å². The lowest BCUT2D eigenvalue weighted by Crippen LogP contribution is -2.27. The Labute approximate surface area is 221 Å². The molecule has 0 bridgehead atoms. The summed E-state index contributed by atoms with van der Waals surface area (Å²) in [6, 6.07) is 20.3. The molecule has 4 rings (SSSR count). The quantitative estimate of drug-likeness (QED) is 0.311. The van der Waals surface area contributed by atoms with E-state index in [1.807, 2.05) is 61.5 Å². The molecular formula is C25H22ClIN2O4S. The third-order valence-electron chi connectivity index (χ3n) is 4.99. The van der Waals surface area contributed by atoms with Gasteiger partial charge in [0, 0.05) is 16.4 Å². The number of nitrogens with zero attached hydrogens (tertiary/aromatic N) is 1. The van der Waals surface area contributed by atoms with E-state index in [9.17, 15) is 9.59 Å². The fraction of sp³-hybridized carbons (Fsp3) is 0.200. The smallest absolute Gasteiger partial charge is 0.262 e. The number of anilines is 2. The van der Waals surface area contributed by atoms with Crippen LogP contribution < -0.4 is 19.7 Å². The van der Waals surface area contributed by atoms with E-state index in [1.54, 1.807) is 28.8 Å². The molecule has 1 atom stereocenters. The lowest BCUT2D eigenvalue weighted by Gasteiger charge is -2.25. The number of nitrogens with one attached hydrogen (secondary N) is 1. The van der Waals surface area contributed by atoms with Gasteiger partial charge in [-0.3, -0.25) is 14.5 Å². The highest BCUT2D eigenvalue weighted by Gasteiger charge is 2.35. The molecule has 176 valence electrons. The number of para-hydroxylation sites is 1. The van der Waals surface area contributed by atoms with Gasteiger partial charge in [0.2, 0.25) is 5.91 Å². The normalized spacial score (nSPS) is 15.3. The number of carbonyl (C=O) groups is 2. The second-order valence-corrected chi connectivity index (χ2v) is 10.0. The van der Waals surface area contributed by atoms with Crippen molar-refractivity contribution in [2.24, 2.45) is 0 Å². The van der Waals surface area contributed by atoms with Gasteiger partial charge >= 0.3 is 0 Å². The van der Waals surface area contributed by atoms with Crippen molar-refractivity contribution >= 4 is 69.1 Å². The number of ether oxygens (including phenoxy) is 2. The zero-order valence-electron chi connectivity index (χ0n) is 18.3. The Bertz CT molecular complexity index is 1180. The van der Waals surface area contributed by atoms with Crippen LogP contribution in [0.4, 0.5) is 11.4 Å². The molecule has 1 N–H and O–H groups in total. The molecule has 1 saturated heterocycles. The van der Waals surface area contributed by atoms with E-state index >= 15 is 0 Å². The SMILES string of the molecule is CCOc1cc([C@H]2SCC(=O)N2c2ccc(Cl)cc2)cc(I)c1OCC(=O)Nc1ccccc1. The van der Waals surface area contributed by atoms with Crippen LogP contribution >= 0.6 is 46.0 Å². The Hall–Kier alpha value is -2.43. The minimum absolute atomic E-state index is 0.0307. The summed E-state index contributed by atoms with van der Waals surface area (Å²) in [4.78, 5) is 26.8. The average molecular weight is 609 g/mol. The van der Waals surface area contributed by atoms with Gasteiger partial charge in [-0.1, -0.05) is 29.8 Å². The minimum atomic E-state index is -0.264. The van der Waals surface area contributed by atoms with Crippen molar-refractivity contribution < 1.29 is 19.1 Å². The molecule has 3 aromatic rings. The number of rotatable bonds is 8. The molecular weight excluding hydrogens is 587 g/mol. The van der Waals surface area contributed by atoms with Crippen molar-refractivity contribution in [3.8, 4) is 11.5 Å². The fourth-order valence-corrected chi connectivity index (χ4v) is 5.60. The maximum atomic E-state index is 12.7. The summed E-state index contributed by atoms with van der Waals surface area (Å²) in [7, 11) is 0. The molecule has 6 nitrogen and oxygen atoms in total. The Balaban J connectivity index is 1.56. The van der Waals surface area contributed by atoms with Gasteiger partial charge in [0.1, 0.15) is 5.37 Å². The first-order valence-electron chi connectivity index (χ1n) is 10.6. The standard InChI is InChI=1S/C25H22ClIN2O4S/c1-2-32-21-13-16(25-29(23(31)15-34-25)19-10-8-17(26)9-11-19)12-20(27)24(21)33-14-22(30)28-18-6-4-3-5-7-18/h3-13,25H,2,14-15H2,1H3,(H,28,30)/t25-/m1/s1. The molecule has 3 aromatic carbocycles. The molecule has 9 heteroatoms. The zero-order chi connectivity index (χ0) is 24.1. The van der Waals surface area contributed by atoms with E-state index in [0.29, 0.717) is 34.6 Å². The number of carbonyl (C=O) groups excluding carboxylic acids is 2. The lowest BCUT2D eigenvalue weighted by molar-refractivity contribution is -0.118. The lowest BCUT2D eigenvalue weighted by atomic mass is 10.1. The first-order chi connectivity index (χ1) is 16.5. The predicted molar refractivity (Wildman–Crippen MR) is 145 cm³/mol. The van der Waals surface area contributed by atoms with Crippen molar-refractivity contribution in [1.29, 1.82) is 0 Å². The van der Waals surface area contributed by atoms with E-state index in [-0.39, 0.29) is 23.8 Å². The third kappa shape index (κ3) is 5.79. The van der Waals surface area contributed by atoms with E-state index in [2.05, 4.69) is 27.9 Å². The number of hydrogen-bond donors (Lipinski definition) is 1. The molecule has 2 amide bonds. The number of thioether (sulfide) groups is 1. The molecule has 0 radical (unpaired) electrons. The first kappa shape index (κ1) is 24.7. The van der Waals surface area contributed by atoms with E-state index in [0.717, 1.165) is 14.8 Å². The van der Waals surface area contributed by atoms with Crippen LogP contribution in [-0.2, 0) is 9.59 Å². The monoisotopic (exact) mass is 608 g/mol. The summed E-state index contributed by atoms with van der Waals surface area (Å²) in [5, 5.41) is 3.21. The Morgan fingerprint density at radius 1 is 1.15 bits per heavy atom. The average Bonchev–Trinajstić information content (AvgIpc) is 3.21. The van der Waals surface area contributed by atoms with Crippen molar-refractivity contribution in [3.05, 3.63) is 80.9 Å². The molecule has 0 unspecified atom stereocenters. The Kier molecular flexibility index (Phi) is 8.23. The van der Waals surface area contributed by atoms with Crippen molar-refractivity contribution in [2.75, 3.05) is 29.2 Å². The van der Waals surface area contributed by atoms with Gasteiger partial charge in [0.25, 0.3) is 5.91 Å². The Morgan fingerprint density at radius 3 is 2.59 bits per heavy atom. The molecule has 1 heterocycles. The minimum Gasteiger partial charge on any atom is -0.490 e. The number of benzene rings is 3. The second kappa shape index (κ2) is 11.3. The highest BCUT2D eigenvalue weighted by molar-refractivity contribution is 14.1. The van der Waals surface area contributed by atoms with Crippen LogP contribution in [-0.4, -0.2) is 30.8 Å². The first-order valence-corrected chi connectivity index (χ1v) is 13.1. The molecule has 0 aromatic heterocycles. The number of amides is 2. The summed E-state index contributed by atoms with van der Waals surface area (Å²) in [5.74, 6) is 1.18. The molecule has 34 heavy (non-hydrogen) atoms. The second-order valence-electron chi connectivity index (χ2n) is 7.37. The zero-order valence-corrected chi connectivity index (χ0v) is 22.0. The molecule has 0 aliphatic carbocycles. The van der Waals surface area contributed by atoms with Crippen LogP contribution in [0.2, 0.25) is 5.02 Å². The fourth-order valence-electron chi connectivity index (χ4n) is 3.54. The molecule has 0 spiro atoms. The highest BCUT2D eigenvalue weighted by Crippen LogP contribution is 2.45. The van der Waals surface area contributed by atoms with Crippen molar-refractivity contribution in [3.63, 3.8) is 0 Å². The van der Waals surface area contributed by atoms with E-state index < -0.39 is 0 Å². The van der Waals surface area contributed by atoms with Gasteiger partial charge in [-0.25, -0.2) is 0 Å². The third-order valence-corrected chi connectivity index (χ3v) is 7.26. The van der Waals surface area contributed by atoms with Crippen LogP contribution in [0.5, 0.6) is 11.5 Å². The maximum absolute atomic E-state index is 12.7. The van der Waals surface area contributed by atoms with Crippen LogP contribution in [0.1, 0.15) is 17.9 Å². The predicted octanol–water partition coefficient (Wildman–Crippen LogP) is 6.14. The maximum Gasteiger partial charge on any atom is 0.262 e. The molecule has 1 aliphatic rings.